The molecule has 0 bridgehead atoms. The Morgan fingerprint density at radius 2 is 1.64 bits per heavy atom. The lowest BCUT2D eigenvalue weighted by Crippen LogP contribution is -2.48. The van der Waals surface area contributed by atoms with Gasteiger partial charge in [0.15, 0.2) is 0 Å². The van der Waals surface area contributed by atoms with Crippen molar-refractivity contribution in [3.05, 3.63) is 83.9 Å². The average Bonchev–Trinajstić information content (AvgIpc) is 3.59. The molecule has 0 saturated heterocycles. The molecule has 2 aromatic carbocycles. The predicted molar refractivity (Wildman–Crippen MR) is 114 cm³/mol. The van der Waals surface area contributed by atoms with E-state index >= 15 is 0 Å². The van der Waals surface area contributed by atoms with Crippen LogP contribution in [0.15, 0.2) is 67.3 Å². The number of amides is 2. The molecule has 3 N–H and O–H groups in total. The number of hydrogen-bond donors (Lipinski definition) is 3. The van der Waals surface area contributed by atoms with E-state index in [1.54, 1.807) is 24.3 Å². The van der Waals surface area contributed by atoms with Crippen molar-refractivity contribution < 1.29 is 22.8 Å². The quantitative estimate of drug-likeness (QED) is 0.504. The number of carbonyl (C=O) groups is 2. The van der Waals surface area contributed by atoms with E-state index in [1.807, 2.05) is 0 Å². The van der Waals surface area contributed by atoms with Crippen molar-refractivity contribution >= 4 is 23.2 Å². The van der Waals surface area contributed by atoms with Crippen LogP contribution >= 0.6 is 0 Å². The zero-order valence-electron chi connectivity index (χ0n) is 17.3. The number of benzene rings is 2. The summed E-state index contributed by atoms with van der Waals surface area (Å²) in [5, 5.41) is 8.32. The Labute approximate surface area is 187 Å². The second kappa shape index (κ2) is 8.89. The lowest BCUT2D eigenvalue weighted by Gasteiger charge is -2.17. The van der Waals surface area contributed by atoms with Gasteiger partial charge in [-0.15, -0.1) is 0 Å². The number of nitrogens with zero attached hydrogens (tertiary/aromatic N) is 2. The van der Waals surface area contributed by atoms with Crippen LogP contribution in [0.1, 0.15) is 34.3 Å². The lowest BCUT2D eigenvalue weighted by atomic mass is 10.1. The minimum absolute atomic E-state index is 0.0405. The van der Waals surface area contributed by atoms with E-state index in [2.05, 4.69) is 25.9 Å². The molecule has 1 aliphatic rings. The molecule has 10 heteroatoms. The Hall–Kier alpha value is -3.95. The van der Waals surface area contributed by atoms with Crippen molar-refractivity contribution in [2.24, 2.45) is 0 Å². The highest BCUT2D eigenvalue weighted by atomic mass is 19.4. The van der Waals surface area contributed by atoms with Gasteiger partial charge in [-0.2, -0.15) is 13.2 Å². The molecule has 0 atom stereocenters. The molecule has 2 amide bonds. The largest absolute Gasteiger partial charge is 0.418 e. The maximum atomic E-state index is 13.2. The summed E-state index contributed by atoms with van der Waals surface area (Å²) >= 11 is 0. The highest BCUT2D eigenvalue weighted by molar-refractivity contribution is 6.00. The van der Waals surface area contributed by atoms with E-state index in [4.69, 9.17) is 0 Å². The summed E-state index contributed by atoms with van der Waals surface area (Å²) in [6.45, 7) is 0.213. The zero-order chi connectivity index (χ0) is 23.5. The van der Waals surface area contributed by atoms with Crippen LogP contribution in [-0.2, 0) is 17.5 Å². The number of halogens is 3. The third-order valence-electron chi connectivity index (χ3n) is 5.28. The molecule has 1 aromatic heterocycles. The van der Waals surface area contributed by atoms with Gasteiger partial charge in [-0.1, -0.05) is 24.3 Å². The molecule has 0 radical (unpaired) electrons. The number of nitrogens with one attached hydrogen (secondary N) is 3. The summed E-state index contributed by atoms with van der Waals surface area (Å²) in [7, 11) is 0. The van der Waals surface area contributed by atoms with Crippen LogP contribution in [0.3, 0.4) is 0 Å². The topological polar surface area (TPSA) is 96.0 Å². The Morgan fingerprint density at radius 1 is 0.970 bits per heavy atom. The molecule has 3 aromatic rings. The predicted octanol–water partition coefficient (Wildman–Crippen LogP) is 3.82. The van der Waals surface area contributed by atoms with Crippen LogP contribution in [-0.4, -0.2) is 27.3 Å². The Bertz CT molecular complexity index is 1150. The van der Waals surface area contributed by atoms with Crippen LogP contribution in [0.25, 0.3) is 0 Å². The molecule has 4 rings (SSSR count). The van der Waals surface area contributed by atoms with Gasteiger partial charge in [0.2, 0.25) is 5.91 Å². The molecular formula is C23H20F3N5O2. The summed E-state index contributed by atoms with van der Waals surface area (Å²) in [5.74, 6) is -0.716. The van der Waals surface area contributed by atoms with Gasteiger partial charge < -0.3 is 16.0 Å². The standard InChI is InChI=1S/C23H20F3N5O2/c24-23(25,26)18-3-1-2-4-19(18)30-17-7-5-15(6-8-17)11-29-21(33)22(9-10-22)31-20(32)16-12-27-14-28-13-16/h1-8,12-14,30H,9-11H2,(H,29,33)(H,31,32). The molecule has 1 saturated carbocycles. The maximum Gasteiger partial charge on any atom is 0.418 e. The number of aromatic nitrogens is 2. The molecule has 33 heavy (non-hydrogen) atoms. The second-order valence-electron chi connectivity index (χ2n) is 7.71. The fourth-order valence-corrected chi connectivity index (χ4v) is 3.29. The first-order chi connectivity index (χ1) is 15.8. The van der Waals surface area contributed by atoms with Gasteiger partial charge in [-0.3, -0.25) is 9.59 Å². The molecular weight excluding hydrogens is 435 g/mol. The minimum atomic E-state index is -4.46. The summed E-state index contributed by atoms with van der Waals surface area (Å²) in [5.41, 5.74) is -0.224. The minimum Gasteiger partial charge on any atom is -0.355 e. The maximum absolute atomic E-state index is 13.2. The highest BCUT2D eigenvalue weighted by Crippen LogP contribution is 2.37. The van der Waals surface area contributed by atoms with Gasteiger partial charge in [-0.05, 0) is 42.7 Å². The van der Waals surface area contributed by atoms with Crippen LogP contribution in [0.5, 0.6) is 0 Å². The Morgan fingerprint density at radius 3 is 2.27 bits per heavy atom. The van der Waals surface area contributed by atoms with Crippen molar-refractivity contribution in [3.63, 3.8) is 0 Å². The zero-order valence-corrected chi connectivity index (χ0v) is 17.3. The van der Waals surface area contributed by atoms with Gasteiger partial charge in [0.05, 0.1) is 16.8 Å². The number of hydrogen-bond acceptors (Lipinski definition) is 5. The van der Waals surface area contributed by atoms with Crippen LogP contribution in [0.2, 0.25) is 0 Å². The fraction of sp³-hybridized carbons (Fsp3) is 0.217. The molecule has 0 unspecified atom stereocenters. The molecule has 1 aliphatic carbocycles. The van der Waals surface area contributed by atoms with Crippen molar-refractivity contribution in [1.29, 1.82) is 0 Å². The fourth-order valence-electron chi connectivity index (χ4n) is 3.29. The molecule has 1 heterocycles. The van der Waals surface area contributed by atoms with E-state index in [1.165, 1.54) is 36.9 Å². The summed E-state index contributed by atoms with van der Waals surface area (Å²) in [6, 6.07) is 11.9. The van der Waals surface area contributed by atoms with E-state index in [0.29, 0.717) is 18.5 Å². The molecule has 1 fully saturated rings. The number of para-hydroxylation sites is 1. The third kappa shape index (κ3) is 5.28. The van der Waals surface area contributed by atoms with Crippen molar-refractivity contribution in [2.75, 3.05) is 5.32 Å². The normalized spacial score (nSPS) is 14.3. The van der Waals surface area contributed by atoms with E-state index in [-0.39, 0.29) is 23.7 Å². The van der Waals surface area contributed by atoms with Gasteiger partial charge in [0.25, 0.3) is 5.91 Å². The third-order valence-corrected chi connectivity index (χ3v) is 5.28. The van der Waals surface area contributed by atoms with Gasteiger partial charge >= 0.3 is 6.18 Å². The summed E-state index contributed by atoms with van der Waals surface area (Å²) in [6.07, 6.45) is 0.652. The molecule has 7 nitrogen and oxygen atoms in total. The highest BCUT2D eigenvalue weighted by Gasteiger charge is 2.51. The Kier molecular flexibility index (Phi) is 5.99. The van der Waals surface area contributed by atoms with Crippen LogP contribution in [0.4, 0.5) is 24.5 Å². The first-order valence-electron chi connectivity index (χ1n) is 10.1. The number of alkyl halides is 3. The van der Waals surface area contributed by atoms with Gasteiger partial charge in [0.1, 0.15) is 11.9 Å². The van der Waals surface area contributed by atoms with Crippen molar-refractivity contribution in [3.8, 4) is 0 Å². The van der Waals surface area contributed by atoms with Crippen LogP contribution < -0.4 is 16.0 Å². The van der Waals surface area contributed by atoms with Crippen LogP contribution in [0, 0.1) is 0 Å². The summed E-state index contributed by atoms with van der Waals surface area (Å²) in [4.78, 5) is 32.5. The van der Waals surface area contributed by atoms with E-state index in [9.17, 15) is 22.8 Å². The first kappa shape index (κ1) is 22.3. The summed E-state index contributed by atoms with van der Waals surface area (Å²) < 4.78 is 39.5. The second-order valence-corrected chi connectivity index (χ2v) is 7.71. The van der Waals surface area contributed by atoms with Gasteiger partial charge in [0, 0.05) is 24.6 Å². The molecule has 0 spiro atoms. The van der Waals surface area contributed by atoms with Gasteiger partial charge in [-0.25, -0.2) is 9.97 Å². The van der Waals surface area contributed by atoms with E-state index < -0.39 is 23.2 Å². The average molecular weight is 455 g/mol. The monoisotopic (exact) mass is 455 g/mol. The SMILES string of the molecule is O=C(NC1(C(=O)NCc2ccc(Nc3ccccc3C(F)(F)F)cc2)CC1)c1cncnc1. The number of anilines is 2. The molecule has 0 aliphatic heterocycles. The number of rotatable bonds is 7. The van der Waals surface area contributed by atoms with Crippen molar-refractivity contribution in [2.45, 2.75) is 31.1 Å². The smallest absolute Gasteiger partial charge is 0.355 e. The Balaban J connectivity index is 1.34. The first-order valence-corrected chi connectivity index (χ1v) is 10.1. The van der Waals surface area contributed by atoms with E-state index in [0.717, 1.165) is 11.6 Å². The van der Waals surface area contributed by atoms with Crippen molar-refractivity contribution in [1.82, 2.24) is 20.6 Å². The molecule has 170 valence electrons. The number of carbonyl (C=O) groups excluding carboxylic acids is 2. The lowest BCUT2D eigenvalue weighted by molar-refractivity contribution is -0.137.